The molecule has 0 aliphatic carbocycles. The number of aromatic carboxylic acids is 1. The minimum absolute atomic E-state index is 0.00365. The van der Waals surface area contributed by atoms with Crippen LogP contribution in [0.25, 0.3) is 0 Å². The van der Waals surface area contributed by atoms with Crippen molar-refractivity contribution in [2.75, 3.05) is 17.6 Å². The molecule has 1 rings (SSSR count). The zero-order valence-electron chi connectivity index (χ0n) is 9.26. The molecule has 0 atom stereocenters. The Morgan fingerprint density at radius 1 is 1.50 bits per heavy atom. The summed E-state index contributed by atoms with van der Waals surface area (Å²) in [7, 11) is -3.49. The number of hydrogen-bond acceptors (Lipinski definition) is 5. The number of carboxylic acid groups (broad SMARTS) is 1. The molecular formula is C9H12ClN3O4S. The first-order valence-corrected chi connectivity index (χ1v) is 7.02. The van der Waals surface area contributed by atoms with E-state index in [0.717, 1.165) is 0 Å². The van der Waals surface area contributed by atoms with Crippen molar-refractivity contribution < 1.29 is 18.3 Å². The number of nitrogens with one attached hydrogen (secondary N) is 1. The summed E-state index contributed by atoms with van der Waals surface area (Å²) in [5.41, 5.74) is 0.00365. The van der Waals surface area contributed by atoms with Gasteiger partial charge >= 0.3 is 5.97 Å². The molecule has 0 saturated heterocycles. The van der Waals surface area contributed by atoms with E-state index in [1.54, 1.807) is 0 Å². The fraction of sp³-hybridized carbons (Fsp3) is 0.333. The Bertz CT molecular complexity index is 547. The third-order valence-corrected chi connectivity index (χ3v) is 3.00. The fourth-order valence-electron chi connectivity index (χ4n) is 1.20. The van der Waals surface area contributed by atoms with Crippen LogP contribution in [0.4, 0.5) is 5.82 Å². The number of primary sulfonamides is 1. The third-order valence-electron chi connectivity index (χ3n) is 1.95. The number of pyridine rings is 1. The molecule has 0 unspecified atom stereocenters. The number of carboxylic acids is 1. The van der Waals surface area contributed by atoms with E-state index >= 15 is 0 Å². The van der Waals surface area contributed by atoms with Crippen LogP contribution in [0.2, 0.25) is 5.15 Å². The van der Waals surface area contributed by atoms with Crippen LogP contribution in [-0.4, -0.2) is 36.8 Å². The van der Waals surface area contributed by atoms with Crippen molar-refractivity contribution in [3.8, 4) is 0 Å². The van der Waals surface area contributed by atoms with E-state index in [1.807, 2.05) is 0 Å². The normalized spacial score (nSPS) is 11.2. The van der Waals surface area contributed by atoms with Gasteiger partial charge in [-0.1, -0.05) is 11.6 Å². The zero-order valence-corrected chi connectivity index (χ0v) is 10.8. The lowest BCUT2D eigenvalue weighted by molar-refractivity contribution is 0.0697. The maximum atomic E-state index is 10.8. The molecule has 1 aromatic heterocycles. The van der Waals surface area contributed by atoms with Gasteiger partial charge in [0.1, 0.15) is 11.0 Å². The maximum Gasteiger partial charge on any atom is 0.335 e. The van der Waals surface area contributed by atoms with Crippen molar-refractivity contribution in [1.82, 2.24) is 4.98 Å². The Morgan fingerprint density at radius 2 is 2.17 bits per heavy atom. The van der Waals surface area contributed by atoms with Crippen LogP contribution < -0.4 is 10.5 Å². The van der Waals surface area contributed by atoms with Gasteiger partial charge in [-0.3, -0.25) is 0 Å². The van der Waals surface area contributed by atoms with E-state index in [0.29, 0.717) is 6.54 Å². The molecule has 0 aliphatic rings. The van der Waals surface area contributed by atoms with Gasteiger partial charge in [-0.2, -0.15) is 0 Å². The van der Waals surface area contributed by atoms with E-state index in [9.17, 15) is 13.2 Å². The molecule has 4 N–H and O–H groups in total. The van der Waals surface area contributed by atoms with Crippen LogP contribution in [0.15, 0.2) is 12.1 Å². The van der Waals surface area contributed by atoms with Crippen molar-refractivity contribution in [2.24, 2.45) is 5.14 Å². The molecule has 0 bridgehead atoms. The number of rotatable bonds is 6. The van der Waals surface area contributed by atoms with Crippen LogP contribution in [0.5, 0.6) is 0 Å². The number of halogens is 1. The predicted molar refractivity (Wildman–Crippen MR) is 67.3 cm³/mol. The molecule has 9 heteroatoms. The minimum Gasteiger partial charge on any atom is -0.478 e. The van der Waals surface area contributed by atoms with Crippen LogP contribution in [0.3, 0.4) is 0 Å². The number of nitrogens with two attached hydrogens (primary N) is 1. The van der Waals surface area contributed by atoms with Crippen LogP contribution in [-0.2, 0) is 10.0 Å². The molecule has 7 nitrogen and oxygen atoms in total. The molecule has 0 aliphatic heterocycles. The van der Waals surface area contributed by atoms with Gasteiger partial charge in [0.05, 0.1) is 11.3 Å². The summed E-state index contributed by atoms with van der Waals surface area (Å²) in [6.45, 7) is 0.294. The molecule has 18 heavy (non-hydrogen) atoms. The molecule has 0 fully saturated rings. The molecule has 100 valence electrons. The number of sulfonamides is 1. The third kappa shape index (κ3) is 5.30. The Morgan fingerprint density at radius 3 is 2.72 bits per heavy atom. The summed E-state index contributed by atoms with van der Waals surface area (Å²) < 4.78 is 21.4. The average molecular weight is 294 g/mol. The molecule has 1 heterocycles. The number of anilines is 1. The van der Waals surface area contributed by atoms with Crippen molar-refractivity contribution in [3.63, 3.8) is 0 Å². The van der Waals surface area contributed by atoms with Gasteiger partial charge in [0.25, 0.3) is 0 Å². The molecule has 0 spiro atoms. The molecule has 0 radical (unpaired) electrons. The average Bonchev–Trinajstić information content (AvgIpc) is 2.22. The second kappa shape index (κ2) is 5.98. The fourth-order valence-corrected chi connectivity index (χ4v) is 1.96. The Kier molecular flexibility index (Phi) is 4.88. The Hall–Kier alpha value is -1.38. The first-order chi connectivity index (χ1) is 8.28. The standard InChI is InChI=1S/C9H12ClN3O4S/c10-7-4-6(9(14)15)5-8(13-7)12-2-1-3-18(11,16)17/h4-5H,1-3H2,(H,12,13)(H,14,15)(H2,11,16,17). The topological polar surface area (TPSA) is 122 Å². The number of aromatic nitrogens is 1. The second-order valence-corrected chi connectivity index (χ2v) is 5.64. The Labute approximate surface area is 109 Å². The highest BCUT2D eigenvalue weighted by Crippen LogP contribution is 2.14. The monoisotopic (exact) mass is 293 g/mol. The SMILES string of the molecule is NS(=O)(=O)CCCNc1cc(C(=O)O)cc(Cl)n1. The highest BCUT2D eigenvalue weighted by atomic mass is 35.5. The lowest BCUT2D eigenvalue weighted by Gasteiger charge is -2.06. The van der Waals surface area contributed by atoms with Crippen molar-refractivity contribution in [1.29, 1.82) is 0 Å². The van der Waals surface area contributed by atoms with Gasteiger partial charge in [0, 0.05) is 6.54 Å². The van der Waals surface area contributed by atoms with E-state index in [1.165, 1.54) is 12.1 Å². The molecule has 0 aromatic carbocycles. The van der Waals surface area contributed by atoms with Crippen molar-refractivity contribution in [2.45, 2.75) is 6.42 Å². The number of nitrogens with zero attached hydrogens (tertiary/aromatic N) is 1. The second-order valence-electron chi connectivity index (χ2n) is 3.52. The number of hydrogen-bond donors (Lipinski definition) is 3. The number of carbonyl (C=O) groups is 1. The maximum absolute atomic E-state index is 10.8. The summed E-state index contributed by atoms with van der Waals surface area (Å²) in [4.78, 5) is 14.6. The van der Waals surface area contributed by atoms with E-state index in [2.05, 4.69) is 10.3 Å². The van der Waals surface area contributed by atoms with Crippen LogP contribution in [0, 0.1) is 0 Å². The molecule has 0 amide bonds. The van der Waals surface area contributed by atoms with Gasteiger partial charge in [0.15, 0.2) is 0 Å². The molecule has 1 aromatic rings. The smallest absolute Gasteiger partial charge is 0.335 e. The van der Waals surface area contributed by atoms with Gasteiger partial charge in [-0.25, -0.2) is 23.3 Å². The first-order valence-electron chi connectivity index (χ1n) is 4.93. The lowest BCUT2D eigenvalue weighted by Crippen LogP contribution is -2.19. The predicted octanol–water partition coefficient (Wildman–Crippen LogP) is 0.524. The van der Waals surface area contributed by atoms with Crippen LogP contribution >= 0.6 is 11.6 Å². The van der Waals surface area contributed by atoms with Crippen molar-refractivity contribution in [3.05, 3.63) is 22.8 Å². The van der Waals surface area contributed by atoms with E-state index in [-0.39, 0.29) is 28.7 Å². The largest absolute Gasteiger partial charge is 0.478 e. The van der Waals surface area contributed by atoms with Gasteiger partial charge < -0.3 is 10.4 Å². The van der Waals surface area contributed by atoms with Crippen LogP contribution in [0.1, 0.15) is 16.8 Å². The summed E-state index contributed by atoms with van der Waals surface area (Å²) in [6, 6.07) is 2.53. The highest BCUT2D eigenvalue weighted by molar-refractivity contribution is 7.89. The molecule has 0 saturated carbocycles. The quantitative estimate of drug-likeness (QED) is 0.519. The van der Waals surface area contributed by atoms with Gasteiger partial charge in [0.2, 0.25) is 10.0 Å². The highest BCUT2D eigenvalue weighted by Gasteiger charge is 2.07. The summed E-state index contributed by atoms with van der Waals surface area (Å²) in [5, 5.41) is 16.5. The van der Waals surface area contributed by atoms with Gasteiger partial charge in [-0.05, 0) is 18.6 Å². The Balaban J connectivity index is 2.60. The molecular weight excluding hydrogens is 282 g/mol. The first kappa shape index (κ1) is 14.7. The summed E-state index contributed by atoms with van der Waals surface area (Å²) >= 11 is 5.65. The van der Waals surface area contributed by atoms with E-state index < -0.39 is 16.0 Å². The van der Waals surface area contributed by atoms with E-state index in [4.69, 9.17) is 21.8 Å². The van der Waals surface area contributed by atoms with Crippen molar-refractivity contribution >= 4 is 33.4 Å². The minimum atomic E-state index is -3.49. The lowest BCUT2D eigenvalue weighted by atomic mass is 10.2. The zero-order chi connectivity index (χ0) is 13.8. The summed E-state index contributed by atoms with van der Waals surface area (Å²) in [6.07, 6.45) is 0.287. The summed E-state index contributed by atoms with van der Waals surface area (Å²) in [5.74, 6) is -1.01. The van der Waals surface area contributed by atoms with Gasteiger partial charge in [-0.15, -0.1) is 0 Å².